The highest BCUT2D eigenvalue weighted by atomic mass is 32.2. The average molecular weight is 492 g/mol. The van der Waals surface area contributed by atoms with Crippen molar-refractivity contribution in [3.63, 3.8) is 0 Å². The van der Waals surface area contributed by atoms with Gasteiger partial charge in [0.1, 0.15) is 5.75 Å². The van der Waals surface area contributed by atoms with E-state index in [2.05, 4.69) is 5.32 Å². The molecule has 180 valence electrons. The molecular weight excluding hydrogens is 466 g/mol. The largest absolute Gasteiger partial charge is 0.508 e. The van der Waals surface area contributed by atoms with Gasteiger partial charge in [-0.25, -0.2) is 13.6 Å². The lowest BCUT2D eigenvalue weighted by Crippen LogP contribution is -2.16. The first-order chi connectivity index (χ1) is 16.5. The molecule has 9 heteroatoms. The van der Waals surface area contributed by atoms with Crippen LogP contribution in [0.2, 0.25) is 0 Å². The van der Waals surface area contributed by atoms with E-state index in [0.717, 1.165) is 0 Å². The second kappa shape index (κ2) is 10.5. The highest BCUT2D eigenvalue weighted by Gasteiger charge is 2.18. The number of ketones is 1. The maximum atomic E-state index is 13.3. The van der Waals surface area contributed by atoms with Gasteiger partial charge in [-0.3, -0.25) is 9.59 Å². The fraction of sp³-hybridized carbons (Fsp3) is 0.192. The van der Waals surface area contributed by atoms with Crippen molar-refractivity contribution in [2.45, 2.75) is 38.0 Å². The monoisotopic (exact) mass is 491 g/mol. The normalized spacial score (nSPS) is 11.0. The predicted octanol–water partition coefficient (Wildman–Crippen LogP) is 3.58. The number of phenols is 1. The van der Waals surface area contributed by atoms with Crippen LogP contribution in [0.1, 0.15) is 51.5 Å². The molecule has 0 aliphatic carbocycles. The summed E-state index contributed by atoms with van der Waals surface area (Å²) in [5, 5.41) is 27.4. The molecule has 0 fully saturated rings. The number of primary sulfonamides is 1. The number of amides is 1. The van der Waals surface area contributed by atoms with E-state index in [4.69, 9.17) is 10.4 Å². The Morgan fingerprint density at radius 3 is 2.46 bits per heavy atom. The van der Waals surface area contributed by atoms with Gasteiger partial charge in [-0.15, -0.1) is 0 Å². The molecule has 35 heavy (non-hydrogen) atoms. The Labute approximate surface area is 204 Å². The van der Waals surface area contributed by atoms with Crippen LogP contribution in [-0.2, 0) is 27.7 Å². The van der Waals surface area contributed by atoms with Crippen LogP contribution in [0.15, 0.2) is 59.5 Å². The number of benzene rings is 3. The molecular formula is C26H25N3O5S. The van der Waals surface area contributed by atoms with Gasteiger partial charge in [-0.1, -0.05) is 19.1 Å². The Hall–Kier alpha value is -4.00. The highest BCUT2D eigenvalue weighted by molar-refractivity contribution is 7.89. The number of carbonyl (C=O) groups is 2. The van der Waals surface area contributed by atoms with Crippen molar-refractivity contribution in [1.82, 2.24) is 0 Å². The van der Waals surface area contributed by atoms with Crippen LogP contribution in [0.4, 0.5) is 5.69 Å². The van der Waals surface area contributed by atoms with Crippen molar-refractivity contribution in [2.24, 2.45) is 5.14 Å². The van der Waals surface area contributed by atoms with Crippen molar-refractivity contribution in [2.75, 3.05) is 5.32 Å². The number of phenolic OH excluding ortho intramolecular Hbond substituents is 1. The van der Waals surface area contributed by atoms with Crippen LogP contribution in [-0.4, -0.2) is 25.2 Å². The van der Waals surface area contributed by atoms with Crippen molar-refractivity contribution >= 4 is 27.4 Å². The lowest BCUT2D eigenvalue weighted by molar-refractivity contribution is -0.116. The van der Waals surface area contributed by atoms with Crippen LogP contribution >= 0.6 is 0 Å². The Morgan fingerprint density at radius 2 is 1.83 bits per heavy atom. The Balaban J connectivity index is 1.83. The number of hydrogen-bond acceptors (Lipinski definition) is 6. The van der Waals surface area contributed by atoms with Crippen LogP contribution in [0, 0.1) is 18.3 Å². The maximum absolute atomic E-state index is 13.3. The van der Waals surface area contributed by atoms with Gasteiger partial charge in [0.2, 0.25) is 15.9 Å². The number of aromatic hydroxyl groups is 1. The van der Waals surface area contributed by atoms with E-state index < -0.39 is 10.0 Å². The molecule has 0 aliphatic rings. The third kappa shape index (κ3) is 6.12. The molecule has 3 aromatic carbocycles. The SMILES string of the molecule is CCc1cc(C(=O)c2cccc(C#N)c2)c(CCC(=O)Nc2ccc(S(N)(=O)=O)cc2C)cc1O. The number of carbonyl (C=O) groups excluding carboxylic acids is 2. The molecule has 0 heterocycles. The number of hydrogen-bond donors (Lipinski definition) is 3. The van der Waals surface area contributed by atoms with E-state index in [0.29, 0.717) is 45.5 Å². The van der Waals surface area contributed by atoms with Crippen LogP contribution in [0.25, 0.3) is 0 Å². The lowest BCUT2D eigenvalue weighted by atomic mass is 9.92. The first kappa shape index (κ1) is 25.6. The van der Waals surface area contributed by atoms with Crippen molar-refractivity contribution in [3.05, 3.63) is 88.0 Å². The molecule has 0 aliphatic heterocycles. The van der Waals surface area contributed by atoms with Gasteiger partial charge in [0.15, 0.2) is 5.78 Å². The minimum Gasteiger partial charge on any atom is -0.508 e. The van der Waals surface area contributed by atoms with Gasteiger partial charge in [-0.05, 0) is 78.9 Å². The standard InChI is InChI=1S/C26H25N3O5S/c1-3-18-13-22(26(32)20-6-4-5-17(12-20)15-27)19(14-24(18)30)7-10-25(31)29-23-9-8-21(11-16(23)2)35(28,33)34/h4-6,8-9,11-14,30H,3,7,10H2,1-2H3,(H,29,31)(H2,28,33,34). The van der Waals surface area contributed by atoms with Gasteiger partial charge >= 0.3 is 0 Å². The van der Waals surface area contributed by atoms with Crippen molar-refractivity contribution in [3.8, 4) is 11.8 Å². The molecule has 0 unspecified atom stereocenters. The minimum absolute atomic E-state index is 0.0137. The van der Waals surface area contributed by atoms with E-state index in [1.54, 1.807) is 31.2 Å². The number of rotatable bonds is 8. The number of nitrogens with one attached hydrogen (secondary N) is 1. The number of nitrogens with zero attached hydrogens (tertiary/aromatic N) is 1. The zero-order valence-corrected chi connectivity index (χ0v) is 20.1. The fourth-order valence-corrected chi connectivity index (χ4v) is 4.28. The second-order valence-electron chi connectivity index (χ2n) is 8.08. The van der Waals surface area contributed by atoms with E-state index in [1.165, 1.54) is 30.3 Å². The summed E-state index contributed by atoms with van der Waals surface area (Å²) in [6.45, 7) is 3.51. The smallest absolute Gasteiger partial charge is 0.238 e. The second-order valence-corrected chi connectivity index (χ2v) is 9.64. The van der Waals surface area contributed by atoms with E-state index in [9.17, 15) is 23.1 Å². The number of nitriles is 1. The van der Waals surface area contributed by atoms with Gasteiger partial charge in [0, 0.05) is 23.2 Å². The Bertz CT molecular complexity index is 1460. The number of sulfonamides is 1. The summed E-state index contributed by atoms with van der Waals surface area (Å²) >= 11 is 0. The quantitative estimate of drug-likeness (QED) is 0.410. The molecule has 4 N–H and O–H groups in total. The predicted molar refractivity (Wildman–Crippen MR) is 132 cm³/mol. The highest BCUT2D eigenvalue weighted by Crippen LogP contribution is 2.27. The van der Waals surface area contributed by atoms with E-state index in [1.807, 2.05) is 13.0 Å². The number of nitrogens with two attached hydrogens (primary N) is 1. The summed E-state index contributed by atoms with van der Waals surface area (Å²) in [5.74, 6) is -0.610. The molecule has 0 bridgehead atoms. The van der Waals surface area contributed by atoms with E-state index >= 15 is 0 Å². The summed E-state index contributed by atoms with van der Waals surface area (Å²) < 4.78 is 23.0. The van der Waals surface area contributed by atoms with Gasteiger partial charge < -0.3 is 10.4 Å². The van der Waals surface area contributed by atoms with Crippen LogP contribution in [0.3, 0.4) is 0 Å². The van der Waals surface area contributed by atoms with Gasteiger partial charge in [-0.2, -0.15) is 5.26 Å². The van der Waals surface area contributed by atoms with E-state index in [-0.39, 0.29) is 35.2 Å². The molecule has 1 amide bonds. The maximum Gasteiger partial charge on any atom is 0.238 e. The summed E-state index contributed by atoms with van der Waals surface area (Å²) in [7, 11) is -3.85. The molecule has 0 saturated heterocycles. The van der Waals surface area contributed by atoms with Crippen molar-refractivity contribution in [1.29, 1.82) is 5.26 Å². The zero-order chi connectivity index (χ0) is 25.8. The van der Waals surface area contributed by atoms with Crippen molar-refractivity contribution < 1.29 is 23.1 Å². The van der Waals surface area contributed by atoms with Crippen LogP contribution in [0.5, 0.6) is 5.75 Å². The zero-order valence-electron chi connectivity index (χ0n) is 19.3. The van der Waals surface area contributed by atoms with Crippen LogP contribution < -0.4 is 10.5 Å². The summed E-state index contributed by atoms with van der Waals surface area (Å²) in [5.41, 5.74) is 3.13. The first-order valence-electron chi connectivity index (χ1n) is 10.9. The average Bonchev–Trinajstić information content (AvgIpc) is 2.83. The molecule has 0 radical (unpaired) electrons. The lowest BCUT2D eigenvalue weighted by Gasteiger charge is -2.14. The van der Waals surface area contributed by atoms with Gasteiger partial charge in [0.25, 0.3) is 0 Å². The molecule has 0 atom stereocenters. The third-order valence-corrected chi connectivity index (χ3v) is 6.52. The molecule has 0 spiro atoms. The summed E-state index contributed by atoms with van der Waals surface area (Å²) in [6.07, 6.45) is 0.704. The Kier molecular flexibility index (Phi) is 7.69. The van der Waals surface area contributed by atoms with Gasteiger partial charge in [0.05, 0.1) is 16.5 Å². The molecule has 3 aromatic rings. The topological polar surface area (TPSA) is 150 Å². The molecule has 0 aromatic heterocycles. The minimum atomic E-state index is -3.85. The Morgan fingerprint density at radius 1 is 1.09 bits per heavy atom. The first-order valence-corrected chi connectivity index (χ1v) is 12.4. The third-order valence-electron chi connectivity index (χ3n) is 5.61. The molecule has 8 nitrogen and oxygen atoms in total. The number of anilines is 1. The summed E-state index contributed by atoms with van der Waals surface area (Å²) in [6, 6.07) is 15.6. The fourth-order valence-electron chi connectivity index (χ4n) is 3.68. The number of aryl methyl sites for hydroxylation is 3. The molecule has 0 saturated carbocycles. The molecule has 3 rings (SSSR count). The summed E-state index contributed by atoms with van der Waals surface area (Å²) in [4.78, 5) is 25.8.